The first kappa shape index (κ1) is 32.7. The summed E-state index contributed by atoms with van der Waals surface area (Å²) in [5.41, 5.74) is 6.19. The van der Waals surface area contributed by atoms with E-state index in [1.165, 1.54) is 6.07 Å². The van der Waals surface area contributed by atoms with Gasteiger partial charge in [-0.15, -0.1) is 0 Å². The van der Waals surface area contributed by atoms with E-state index in [4.69, 9.17) is 4.52 Å². The molecular weight excluding hydrogens is 639 g/mol. The number of piperidine rings is 1. The minimum absolute atomic E-state index is 0.00267. The number of rotatable bonds is 10. The summed E-state index contributed by atoms with van der Waals surface area (Å²) in [6.07, 6.45) is 2.28. The van der Waals surface area contributed by atoms with E-state index >= 15 is 4.39 Å². The molecule has 12 heteroatoms. The minimum atomic E-state index is -1.13. The third-order valence-electron chi connectivity index (χ3n) is 9.92. The van der Waals surface area contributed by atoms with Crippen molar-refractivity contribution in [2.45, 2.75) is 64.3 Å². The van der Waals surface area contributed by atoms with Gasteiger partial charge < -0.3 is 14.7 Å². The number of fused-ring (bicyclic) bond motifs is 1. The number of carbonyl (C=O) groups is 4. The molecule has 2 aliphatic heterocycles. The maximum atomic E-state index is 15.3. The van der Waals surface area contributed by atoms with E-state index in [0.717, 1.165) is 68.9 Å². The zero-order valence-corrected chi connectivity index (χ0v) is 27.9. The van der Waals surface area contributed by atoms with Crippen molar-refractivity contribution in [2.75, 3.05) is 23.3 Å². The molecule has 0 bridgehead atoms. The average molecular weight is 675 g/mol. The number of nitriles is 1. The van der Waals surface area contributed by atoms with Gasteiger partial charge >= 0.3 is 0 Å². The topological polar surface area (TPSA) is 149 Å². The molecule has 1 atom stereocenters. The molecule has 254 valence electrons. The first-order valence-electron chi connectivity index (χ1n) is 16.6. The normalized spacial score (nSPS) is 17.7. The van der Waals surface area contributed by atoms with Gasteiger partial charge in [-0.2, -0.15) is 5.26 Å². The van der Waals surface area contributed by atoms with Gasteiger partial charge in [0.15, 0.2) is 0 Å². The number of nitrogens with one attached hydrogen (secondary N) is 2. The Morgan fingerprint density at radius 2 is 1.76 bits per heavy atom. The Kier molecular flexibility index (Phi) is 8.22. The molecule has 1 saturated carbocycles. The summed E-state index contributed by atoms with van der Waals surface area (Å²) in [6, 6.07) is 18.0. The van der Waals surface area contributed by atoms with Crippen molar-refractivity contribution in [1.29, 1.82) is 5.26 Å². The molecule has 11 nitrogen and oxygen atoms in total. The molecule has 2 N–H and O–H groups in total. The first-order valence-corrected chi connectivity index (χ1v) is 16.6. The Labute approximate surface area is 288 Å². The molecule has 1 aromatic heterocycles. The number of anilines is 3. The molecule has 4 aromatic rings. The number of halogens is 1. The SMILES string of the molecule is Cc1ccc(-c2c(C)noc2C)cc1N(CCCNc1cc2c(cc1F)C(=O)N(C1CCC(=O)NC1=O)C2=O)c1ccc(C2(C#N)CC2)cc1. The molecule has 0 radical (unpaired) electrons. The van der Waals surface area contributed by atoms with Gasteiger partial charge in [0.05, 0.1) is 34.0 Å². The lowest BCUT2D eigenvalue weighted by molar-refractivity contribution is -0.136. The number of benzene rings is 3. The highest BCUT2D eigenvalue weighted by molar-refractivity contribution is 6.23. The van der Waals surface area contributed by atoms with Crippen LogP contribution in [0, 0.1) is 37.9 Å². The van der Waals surface area contributed by atoms with Gasteiger partial charge in [-0.3, -0.25) is 29.4 Å². The zero-order valence-electron chi connectivity index (χ0n) is 27.9. The summed E-state index contributed by atoms with van der Waals surface area (Å²) < 4.78 is 20.8. The summed E-state index contributed by atoms with van der Waals surface area (Å²) in [7, 11) is 0. The van der Waals surface area contributed by atoms with Crippen LogP contribution in [-0.4, -0.2) is 52.8 Å². The molecule has 1 saturated heterocycles. The van der Waals surface area contributed by atoms with Gasteiger partial charge in [-0.25, -0.2) is 4.39 Å². The lowest BCUT2D eigenvalue weighted by Crippen LogP contribution is -2.54. The van der Waals surface area contributed by atoms with E-state index in [1.54, 1.807) is 0 Å². The second-order valence-electron chi connectivity index (χ2n) is 13.2. The second kappa shape index (κ2) is 12.6. The predicted octanol–water partition coefficient (Wildman–Crippen LogP) is 6.00. The number of hydrogen-bond acceptors (Lipinski definition) is 9. The van der Waals surface area contributed by atoms with E-state index in [0.29, 0.717) is 19.5 Å². The van der Waals surface area contributed by atoms with Gasteiger partial charge in [0.2, 0.25) is 11.8 Å². The molecule has 0 spiro atoms. The largest absolute Gasteiger partial charge is 0.383 e. The van der Waals surface area contributed by atoms with Crippen molar-refractivity contribution >= 4 is 40.7 Å². The summed E-state index contributed by atoms with van der Waals surface area (Å²) in [5.74, 6) is -2.63. The van der Waals surface area contributed by atoms with Crippen molar-refractivity contribution in [3.05, 3.63) is 94.1 Å². The summed E-state index contributed by atoms with van der Waals surface area (Å²) in [6.45, 7) is 6.70. The Morgan fingerprint density at radius 3 is 2.40 bits per heavy atom. The molecule has 4 amide bonds. The van der Waals surface area contributed by atoms with E-state index in [-0.39, 0.29) is 29.7 Å². The van der Waals surface area contributed by atoms with Crippen molar-refractivity contribution in [3.8, 4) is 17.2 Å². The number of imide groups is 2. The predicted molar refractivity (Wildman–Crippen MR) is 182 cm³/mol. The van der Waals surface area contributed by atoms with Crippen LogP contribution in [0.5, 0.6) is 0 Å². The van der Waals surface area contributed by atoms with Gasteiger partial charge in [0.1, 0.15) is 17.6 Å². The molecule has 3 heterocycles. The lowest BCUT2D eigenvalue weighted by Gasteiger charge is -2.28. The van der Waals surface area contributed by atoms with Crippen molar-refractivity contribution in [3.63, 3.8) is 0 Å². The fourth-order valence-electron chi connectivity index (χ4n) is 6.98. The van der Waals surface area contributed by atoms with E-state index in [1.807, 2.05) is 51.1 Å². The van der Waals surface area contributed by atoms with E-state index in [2.05, 4.69) is 38.9 Å². The fraction of sp³-hybridized carbons (Fsp3) is 0.316. The maximum Gasteiger partial charge on any atom is 0.262 e. The highest BCUT2D eigenvalue weighted by atomic mass is 19.1. The van der Waals surface area contributed by atoms with Crippen molar-refractivity contribution in [2.24, 2.45) is 0 Å². The van der Waals surface area contributed by atoms with Crippen LogP contribution in [0.4, 0.5) is 21.5 Å². The molecule has 1 aliphatic carbocycles. The molecular formula is C38H35FN6O5. The zero-order chi connectivity index (χ0) is 35.3. The highest BCUT2D eigenvalue weighted by Gasteiger charge is 2.46. The Balaban J connectivity index is 1.11. The van der Waals surface area contributed by atoms with Crippen LogP contribution in [0.25, 0.3) is 11.1 Å². The molecule has 2 fully saturated rings. The van der Waals surface area contributed by atoms with E-state index < -0.39 is 40.9 Å². The third kappa shape index (κ3) is 5.68. The van der Waals surface area contributed by atoms with Crippen LogP contribution in [0.1, 0.15) is 75.4 Å². The molecule has 1 unspecified atom stereocenters. The van der Waals surface area contributed by atoms with Crippen LogP contribution in [0.3, 0.4) is 0 Å². The monoisotopic (exact) mass is 674 g/mol. The van der Waals surface area contributed by atoms with Gasteiger partial charge in [-0.05, 0) is 93.5 Å². The lowest BCUT2D eigenvalue weighted by atomic mass is 9.97. The number of amides is 4. The van der Waals surface area contributed by atoms with Crippen molar-refractivity contribution in [1.82, 2.24) is 15.4 Å². The molecule has 7 rings (SSSR count). The van der Waals surface area contributed by atoms with Gasteiger partial charge in [-0.1, -0.05) is 29.4 Å². The Morgan fingerprint density at radius 1 is 1.04 bits per heavy atom. The fourth-order valence-corrected chi connectivity index (χ4v) is 6.98. The summed E-state index contributed by atoms with van der Waals surface area (Å²) in [4.78, 5) is 53.4. The van der Waals surface area contributed by atoms with E-state index in [9.17, 15) is 24.4 Å². The second-order valence-corrected chi connectivity index (χ2v) is 13.2. The molecule has 50 heavy (non-hydrogen) atoms. The number of aryl methyl sites for hydroxylation is 3. The maximum absolute atomic E-state index is 15.3. The Bertz CT molecular complexity index is 2090. The highest BCUT2D eigenvalue weighted by Crippen LogP contribution is 2.48. The van der Waals surface area contributed by atoms with Crippen LogP contribution in [-0.2, 0) is 15.0 Å². The van der Waals surface area contributed by atoms with Crippen LogP contribution in [0.2, 0.25) is 0 Å². The number of nitrogens with zero attached hydrogens (tertiary/aromatic N) is 4. The Hall–Kier alpha value is -5.83. The standard InChI is InChI=1S/C38H35FN6O5/c1-21-5-6-24(34-22(2)43-50-23(34)3)17-32(21)44(26-9-7-25(8-10-26)38(20-40)13-14-38)16-4-15-41-30-19-28-27(18-29(30)39)36(48)45(37(28)49)31-11-12-33(46)42-35(31)47/h5-10,17-19,31,41H,4,11-16H2,1-3H3,(H,42,46,47). The van der Waals surface area contributed by atoms with Crippen LogP contribution in [0.15, 0.2) is 59.1 Å². The molecule has 3 aliphatic rings. The van der Waals surface area contributed by atoms with Gasteiger partial charge in [0, 0.05) is 36.4 Å². The molecule has 3 aromatic carbocycles. The quantitative estimate of drug-likeness (QED) is 0.153. The van der Waals surface area contributed by atoms with Crippen LogP contribution < -0.4 is 15.5 Å². The smallest absolute Gasteiger partial charge is 0.262 e. The summed E-state index contributed by atoms with van der Waals surface area (Å²) in [5, 5.41) is 19.1. The van der Waals surface area contributed by atoms with Crippen molar-refractivity contribution < 1.29 is 28.1 Å². The average Bonchev–Trinajstić information content (AvgIpc) is 3.78. The third-order valence-corrected chi connectivity index (χ3v) is 9.92. The first-order chi connectivity index (χ1) is 24.0. The minimum Gasteiger partial charge on any atom is -0.383 e. The number of carbonyl (C=O) groups excluding carboxylic acids is 4. The summed E-state index contributed by atoms with van der Waals surface area (Å²) >= 11 is 0. The number of aromatic nitrogens is 1. The van der Waals surface area contributed by atoms with Crippen LogP contribution >= 0.6 is 0 Å². The van der Waals surface area contributed by atoms with Gasteiger partial charge in [0.25, 0.3) is 11.8 Å². The number of hydrogen-bond donors (Lipinski definition) is 2.